The minimum Gasteiger partial charge on any atom is -0.467 e. The highest BCUT2D eigenvalue weighted by molar-refractivity contribution is 6.76. The van der Waals surface area contributed by atoms with Gasteiger partial charge in [0.05, 0.1) is 7.11 Å². The lowest BCUT2D eigenvalue weighted by Crippen LogP contribution is -2.42. The molecule has 0 radical (unpaired) electrons. The van der Waals surface area contributed by atoms with E-state index in [1.807, 2.05) is 36.5 Å². The second-order valence-electron chi connectivity index (χ2n) is 7.32. The lowest BCUT2D eigenvalue weighted by molar-refractivity contribution is -0.144. The molecule has 0 bridgehead atoms. The van der Waals surface area contributed by atoms with E-state index < -0.39 is 20.1 Å². The van der Waals surface area contributed by atoms with E-state index in [1.165, 1.54) is 13.2 Å². The average Bonchev–Trinajstić information content (AvgIpc) is 2.95. The molecule has 0 unspecified atom stereocenters. The molecule has 25 heavy (non-hydrogen) atoms. The number of benzene rings is 1. The fourth-order valence-corrected chi connectivity index (χ4v) is 3.42. The molecule has 0 aliphatic rings. The molecule has 1 heterocycles. The van der Waals surface area contributed by atoms with Crippen LogP contribution in [0.4, 0.5) is 0 Å². The van der Waals surface area contributed by atoms with Crippen LogP contribution >= 0.6 is 0 Å². The van der Waals surface area contributed by atoms with Gasteiger partial charge < -0.3 is 15.0 Å². The summed E-state index contributed by atoms with van der Waals surface area (Å²) in [5.41, 5.74) is 1.97. The minimum absolute atomic E-state index is 0.270. The molecule has 0 saturated heterocycles. The molecule has 0 fully saturated rings. The Kier molecular flexibility index (Phi) is 6.20. The van der Waals surface area contributed by atoms with Gasteiger partial charge in [-0.15, -0.1) is 0 Å². The lowest BCUT2D eigenvalue weighted by atomic mass is 10.0. The molecule has 0 aliphatic heterocycles. The summed E-state index contributed by atoms with van der Waals surface area (Å²) in [5.74, 6) is -0.717. The molecule has 1 amide bonds. The Morgan fingerprint density at radius 2 is 2.00 bits per heavy atom. The van der Waals surface area contributed by atoms with E-state index in [9.17, 15) is 9.59 Å². The van der Waals surface area contributed by atoms with Crippen molar-refractivity contribution in [2.75, 3.05) is 7.11 Å². The molecule has 2 rings (SSSR count). The van der Waals surface area contributed by atoms with Crippen molar-refractivity contribution >= 4 is 30.9 Å². The maximum atomic E-state index is 12.2. The number of allylic oxidation sites excluding steroid dienone is 1. The number of H-pyrrole nitrogens is 1. The molecule has 0 saturated carbocycles. The average molecular weight is 359 g/mol. The summed E-state index contributed by atoms with van der Waals surface area (Å²) in [5, 5.41) is 3.80. The highest BCUT2D eigenvalue weighted by Crippen LogP contribution is 2.19. The van der Waals surface area contributed by atoms with Gasteiger partial charge >= 0.3 is 5.97 Å². The van der Waals surface area contributed by atoms with Crippen LogP contribution in [-0.2, 0) is 20.7 Å². The summed E-state index contributed by atoms with van der Waals surface area (Å²) < 4.78 is 4.85. The van der Waals surface area contributed by atoms with Gasteiger partial charge in [0.1, 0.15) is 6.04 Å². The first kappa shape index (κ1) is 19.0. The number of ether oxygens (including phenoxy) is 1. The standard InChI is InChI=1S/C19H26N2O3Si/c1-24-19(23)17(21-18(22)10-7-11-25(2,3)4)12-14-13-20-16-9-6-5-8-15(14)16/h5-10,13,17,20H,11-12H2,1-4H3,(H,21,22)/b10-7+/t17-/m0/s1. The Bertz CT molecular complexity index is 774. The fourth-order valence-electron chi connectivity index (χ4n) is 2.60. The van der Waals surface area contributed by atoms with Crippen LogP contribution in [0, 0.1) is 0 Å². The van der Waals surface area contributed by atoms with Crippen molar-refractivity contribution < 1.29 is 14.3 Å². The molecule has 134 valence electrons. The zero-order valence-corrected chi connectivity index (χ0v) is 16.3. The molecule has 0 aliphatic carbocycles. The molecular weight excluding hydrogens is 332 g/mol. The number of para-hydroxylation sites is 1. The van der Waals surface area contributed by atoms with Gasteiger partial charge in [-0.25, -0.2) is 4.79 Å². The second-order valence-corrected chi connectivity index (χ2v) is 12.8. The maximum Gasteiger partial charge on any atom is 0.328 e. The Morgan fingerprint density at radius 1 is 1.28 bits per heavy atom. The van der Waals surface area contributed by atoms with Gasteiger partial charge in [-0.3, -0.25) is 4.79 Å². The molecule has 5 nitrogen and oxygen atoms in total. The summed E-state index contributed by atoms with van der Waals surface area (Å²) in [4.78, 5) is 27.4. The minimum atomic E-state index is -1.24. The Balaban J connectivity index is 2.09. The van der Waals surface area contributed by atoms with Crippen molar-refractivity contribution in [2.24, 2.45) is 0 Å². The van der Waals surface area contributed by atoms with Gasteiger partial charge in [-0.2, -0.15) is 0 Å². The molecule has 1 aromatic heterocycles. The van der Waals surface area contributed by atoms with Gasteiger partial charge in [0, 0.05) is 31.6 Å². The number of carbonyl (C=O) groups excluding carboxylic acids is 2. The highest BCUT2D eigenvalue weighted by Gasteiger charge is 2.22. The van der Waals surface area contributed by atoms with Crippen LogP contribution < -0.4 is 5.32 Å². The van der Waals surface area contributed by atoms with E-state index in [-0.39, 0.29) is 5.91 Å². The van der Waals surface area contributed by atoms with E-state index in [2.05, 4.69) is 29.9 Å². The maximum absolute atomic E-state index is 12.2. The van der Waals surface area contributed by atoms with Crippen molar-refractivity contribution in [3.63, 3.8) is 0 Å². The predicted molar refractivity (Wildman–Crippen MR) is 103 cm³/mol. The smallest absolute Gasteiger partial charge is 0.328 e. The van der Waals surface area contributed by atoms with Crippen LogP contribution in [0.5, 0.6) is 0 Å². The number of amides is 1. The number of aromatic nitrogens is 1. The van der Waals surface area contributed by atoms with Crippen molar-refractivity contribution in [1.29, 1.82) is 0 Å². The first-order valence-corrected chi connectivity index (χ1v) is 12.1. The number of methoxy groups -OCH3 is 1. The van der Waals surface area contributed by atoms with Crippen LogP contribution in [0.1, 0.15) is 5.56 Å². The first-order valence-electron chi connectivity index (χ1n) is 8.40. The molecule has 2 aromatic rings. The topological polar surface area (TPSA) is 71.2 Å². The predicted octanol–water partition coefficient (Wildman–Crippen LogP) is 3.26. The van der Waals surface area contributed by atoms with Gasteiger partial charge in [0.25, 0.3) is 0 Å². The van der Waals surface area contributed by atoms with Gasteiger partial charge in [-0.05, 0) is 23.7 Å². The van der Waals surface area contributed by atoms with Crippen LogP contribution in [0.15, 0.2) is 42.6 Å². The summed E-state index contributed by atoms with van der Waals surface area (Å²) in [6, 6.07) is 8.07. The summed E-state index contributed by atoms with van der Waals surface area (Å²) in [7, 11) is 0.0934. The van der Waals surface area contributed by atoms with E-state index in [0.717, 1.165) is 22.5 Å². The van der Waals surface area contributed by atoms with Crippen molar-refractivity contribution in [3.05, 3.63) is 48.2 Å². The number of carbonyl (C=O) groups is 2. The third-order valence-corrected chi connectivity index (χ3v) is 5.36. The number of hydrogen-bond donors (Lipinski definition) is 2. The molecule has 6 heteroatoms. The second kappa shape index (κ2) is 8.16. The van der Waals surface area contributed by atoms with Crippen LogP contribution in [-0.4, -0.2) is 38.1 Å². The van der Waals surface area contributed by atoms with Crippen LogP contribution in [0.2, 0.25) is 25.7 Å². The number of aromatic amines is 1. The van der Waals surface area contributed by atoms with E-state index >= 15 is 0 Å². The summed E-state index contributed by atoms with van der Waals surface area (Å²) in [6.07, 6.45) is 5.66. The fraction of sp³-hybridized carbons (Fsp3) is 0.368. The van der Waals surface area contributed by atoms with Crippen molar-refractivity contribution in [1.82, 2.24) is 10.3 Å². The third-order valence-electron chi connectivity index (χ3n) is 3.90. The molecule has 1 atom stereocenters. The van der Waals surface area contributed by atoms with Gasteiger partial charge in [-0.1, -0.05) is 43.9 Å². The van der Waals surface area contributed by atoms with Crippen LogP contribution in [0.3, 0.4) is 0 Å². The largest absolute Gasteiger partial charge is 0.467 e. The normalized spacial score (nSPS) is 13.1. The number of rotatable bonds is 7. The van der Waals surface area contributed by atoms with E-state index in [4.69, 9.17) is 4.74 Å². The highest BCUT2D eigenvalue weighted by atomic mass is 28.3. The zero-order valence-electron chi connectivity index (χ0n) is 15.3. The van der Waals surface area contributed by atoms with Gasteiger partial charge in [0.2, 0.25) is 5.91 Å². The van der Waals surface area contributed by atoms with E-state index in [1.54, 1.807) is 0 Å². The third kappa shape index (κ3) is 5.60. The Labute approximate surface area is 149 Å². The quantitative estimate of drug-likeness (QED) is 0.453. The summed E-state index contributed by atoms with van der Waals surface area (Å²) >= 11 is 0. The first-order chi connectivity index (χ1) is 11.8. The molecular formula is C19H26N2O3Si. The van der Waals surface area contributed by atoms with Crippen molar-refractivity contribution in [3.8, 4) is 0 Å². The van der Waals surface area contributed by atoms with Crippen molar-refractivity contribution in [2.45, 2.75) is 38.1 Å². The Hall–Kier alpha value is -2.34. The lowest BCUT2D eigenvalue weighted by Gasteiger charge is -2.15. The molecule has 2 N–H and O–H groups in total. The van der Waals surface area contributed by atoms with Crippen LogP contribution in [0.25, 0.3) is 10.9 Å². The number of hydrogen-bond acceptors (Lipinski definition) is 3. The Morgan fingerprint density at radius 3 is 2.68 bits per heavy atom. The monoisotopic (exact) mass is 358 g/mol. The molecule has 1 aromatic carbocycles. The SMILES string of the molecule is COC(=O)[C@H](Cc1c[nH]c2ccccc12)NC(=O)/C=C/C[Si](C)(C)C. The number of nitrogens with one attached hydrogen (secondary N) is 2. The van der Waals surface area contributed by atoms with Gasteiger partial charge in [0.15, 0.2) is 0 Å². The number of esters is 1. The molecule has 0 spiro atoms. The number of fused-ring (bicyclic) bond motifs is 1. The van der Waals surface area contributed by atoms with E-state index in [0.29, 0.717) is 6.42 Å². The summed E-state index contributed by atoms with van der Waals surface area (Å²) in [6.45, 7) is 6.72. The zero-order chi connectivity index (χ0) is 18.4.